The molecule has 1 aliphatic carbocycles. The molecule has 0 amide bonds. The zero-order valence-corrected chi connectivity index (χ0v) is 21.7. The van der Waals surface area contributed by atoms with Crippen LogP contribution in [-0.4, -0.2) is 56.0 Å². The molecule has 1 aliphatic heterocycles. The molecular weight excluding hydrogens is 456 g/mol. The van der Waals surface area contributed by atoms with Crippen molar-refractivity contribution in [3.63, 3.8) is 0 Å². The highest BCUT2D eigenvalue weighted by Crippen LogP contribution is 2.35. The lowest BCUT2D eigenvalue weighted by Gasteiger charge is -2.35. The summed E-state index contributed by atoms with van der Waals surface area (Å²) in [5.74, 6) is 1.95. The van der Waals surface area contributed by atoms with Gasteiger partial charge in [-0.15, -0.1) is 5.10 Å². The van der Waals surface area contributed by atoms with Gasteiger partial charge in [0.15, 0.2) is 5.82 Å². The highest BCUT2D eigenvalue weighted by Gasteiger charge is 2.34. The number of nitrogens with one attached hydrogen (secondary N) is 1. The zero-order valence-electron chi connectivity index (χ0n) is 21.7. The van der Waals surface area contributed by atoms with E-state index in [2.05, 4.69) is 43.9 Å². The fourth-order valence-corrected chi connectivity index (χ4v) is 5.84. The summed E-state index contributed by atoms with van der Waals surface area (Å²) in [5, 5.41) is 14.0. The highest BCUT2D eigenvalue weighted by molar-refractivity contribution is 5.80. The van der Waals surface area contributed by atoms with Crippen LogP contribution in [0.4, 0.5) is 0 Å². The van der Waals surface area contributed by atoms with Crippen LogP contribution in [-0.2, 0) is 11.3 Å². The fourth-order valence-electron chi connectivity index (χ4n) is 5.84. The van der Waals surface area contributed by atoms with E-state index < -0.39 is 0 Å². The van der Waals surface area contributed by atoms with E-state index in [1.54, 1.807) is 0 Å². The number of hydrogen-bond donors (Lipinski definition) is 1. The minimum absolute atomic E-state index is 0.0327. The number of aromatic amines is 1. The van der Waals surface area contributed by atoms with Crippen LogP contribution < -0.4 is 10.3 Å². The van der Waals surface area contributed by atoms with Crippen LogP contribution in [0.5, 0.6) is 5.75 Å². The minimum Gasteiger partial charge on any atom is -0.494 e. The van der Waals surface area contributed by atoms with Crippen molar-refractivity contribution in [2.75, 3.05) is 19.8 Å². The quantitative estimate of drug-likeness (QED) is 0.446. The normalized spacial score (nSPS) is 19.6. The van der Waals surface area contributed by atoms with Crippen LogP contribution in [0.25, 0.3) is 10.9 Å². The standard InChI is InChI=1S/C27H38N6O3/c1-4-35-22-11-12-24-19(15-22)14-20(27(34)28-24)16-32(17-23-10-7-13-36-23)25(18(2)3)26-29-30-31-33(26)21-8-5-6-9-21/h11-12,14-15,18,21,23,25H,4-10,13,16-17H2,1-3H3,(H,28,34)/t23-,25-/m0/s1. The molecule has 2 aliphatic rings. The Kier molecular flexibility index (Phi) is 7.67. The summed E-state index contributed by atoms with van der Waals surface area (Å²) in [4.78, 5) is 18.6. The molecule has 2 aromatic heterocycles. The van der Waals surface area contributed by atoms with Gasteiger partial charge in [0, 0.05) is 36.2 Å². The van der Waals surface area contributed by atoms with Crippen molar-refractivity contribution in [2.24, 2.45) is 5.92 Å². The van der Waals surface area contributed by atoms with Gasteiger partial charge in [0.25, 0.3) is 5.56 Å². The summed E-state index contributed by atoms with van der Waals surface area (Å²) >= 11 is 0. The molecule has 1 N–H and O–H groups in total. The van der Waals surface area contributed by atoms with Gasteiger partial charge >= 0.3 is 0 Å². The third kappa shape index (κ3) is 5.32. The Morgan fingerprint density at radius 3 is 2.75 bits per heavy atom. The Morgan fingerprint density at radius 2 is 2.03 bits per heavy atom. The number of hydrogen-bond acceptors (Lipinski definition) is 7. The number of aromatic nitrogens is 5. The predicted octanol–water partition coefficient (Wildman–Crippen LogP) is 4.41. The summed E-state index contributed by atoms with van der Waals surface area (Å²) in [6, 6.07) is 8.10. The molecular formula is C27H38N6O3. The van der Waals surface area contributed by atoms with E-state index in [0.29, 0.717) is 19.2 Å². The molecule has 0 spiro atoms. The van der Waals surface area contributed by atoms with Gasteiger partial charge in [0.2, 0.25) is 0 Å². The highest BCUT2D eigenvalue weighted by atomic mass is 16.5. The van der Waals surface area contributed by atoms with Crippen molar-refractivity contribution in [1.29, 1.82) is 0 Å². The molecule has 9 nitrogen and oxygen atoms in total. The molecule has 0 radical (unpaired) electrons. The van der Waals surface area contributed by atoms with Gasteiger partial charge in [0.1, 0.15) is 5.75 Å². The Bertz CT molecular complexity index is 1210. The third-order valence-corrected chi connectivity index (χ3v) is 7.52. The maximum absolute atomic E-state index is 13.2. The first kappa shape index (κ1) is 24.9. The van der Waals surface area contributed by atoms with Crippen molar-refractivity contribution in [1.82, 2.24) is 30.1 Å². The lowest BCUT2D eigenvalue weighted by Crippen LogP contribution is -2.40. The van der Waals surface area contributed by atoms with E-state index in [9.17, 15) is 4.79 Å². The average Bonchev–Trinajstić information content (AvgIpc) is 3.63. The van der Waals surface area contributed by atoms with Crippen LogP contribution in [0.15, 0.2) is 29.1 Å². The summed E-state index contributed by atoms with van der Waals surface area (Å²) in [6.07, 6.45) is 6.90. The van der Waals surface area contributed by atoms with E-state index >= 15 is 0 Å². The van der Waals surface area contributed by atoms with Gasteiger partial charge in [-0.2, -0.15) is 0 Å². The zero-order chi connectivity index (χ0) is 25.1. The molecule has 0 unspecified atom stereocenters. The number of benzene rings is 1. The van der Waals surface area contributed by atoms with Crippen LogP contribution >= 0.6 is 0 Å². The van der Waals surface area contributed by atoms with Crippen LogP contribution in [0.3, 0.4) is 0 Å². The molecule has 5 rings (SSSR count). The Morgan fingerprint density at radius 1 is 1.19 bits per heavy atom. The van der Waals surface area contributed by atoms with Crippen molar-refractivity contribution in [3.05, 3.63) is 46.0 Å². The summed E-state index contributed by atoms with van der Waals surface area (Å²) in [7, 11) is 0. The first-order chi connectivity index (χ1) is 17.5. The van der Waals surface area contributed by atoms with Crippen LogP contribution in [0, 0.1) is 5.92 Å². The fraction of sp³-hybridized carbons (Fsp3) is 0.630. The third-order valence-electron chi connectivity index (χ3n) is 7.52. The van der Waals surface area contributed by atoms with Gasteiger partial charge in [-0.25, -0.2) is 4.68 Å². The number of H-pyrrole nitrogens is 1. The topological polar surface area (TPSA) is 98.2 Å². The number of rotatable bonds is 10. The lowest BCUT2D eigenvalue weighted by molar-refractivity contribution is 0.0379. The molecule has 1 saturated carbocycles. The first-order valence-corrected chi connectivity index (χ1v) is 13.5. The predicted molar refractivity (Wildman–Crippen MR) is 138 cm³/mol. The number of fused-ring (bicyclic) bond motifs is 1. The van der Waals surface area contributed by atoms with Gasteiger partial charge in [0.05, 0.1) is 24.8 Å². The molecule has 0 bridgehead atoms. The van der Waals surface area contributed by atoms with Gasteiger partial charge in [-0.05, 0) is 73.2 Å². The molecule has 2 fully saturated rings. The van der Waals surface area contributed by atoms with Gasteiger partial charge < -0.3 is 14.5 Å². The van der Waals surface area contributed by atoms with Crippen molar-refractivity contribution in [3.8, 4) is 5.75 Å². The Balaban J connectivity index is 1.51. The number of ether oxygens (including phenoxy) is 2. The van der Waals surface area contributed by atoms with Crippen LogP contribution in [0.1, 0.15) is 82.8 Å². The molecule has 3 aromatic rings. The van der Waals surface area contributed by atoms with Crippen molar-refractivity contribution >= 4 is 10.9 Å². The molecule has 36 heavy (non-hydrogen) atoms. The van der Waals surface area contributed by atoms with E-state index in [0.717, 1.165) is 66.9 Å². The number of tetrazole rings is 1. The maximum Gasteiger partial charge on any atom is 0.252 e. The lowest BCUT2D eigenvalue weighted by atomic mass is 9.99. The summed E-state index contributed by atoms with van der Waals surface area (Å²) in [5.41, 5.74) is 1.46. The van der Waals surface area contributed by atoms with Crippen molar-refractivity contribution in [2.45, 2.75) is 84.0 Å². The van der Waals surface area contributed by atoms with Crippen molar-refractivity contribution < 1.29 is 9.47 Å². The Labute approximate surface area is 212 Å². The van der Waals surface area contributed by atoms with Gasteiger partial charge in [-0.1, -0.05) is 26.7 Å². The smallest absolute Gasteiger partial charge is 0.252 e. The molecule has 9 heteroatoms. The monoisotopic (exact) mass is 494 g/mol. The second-order valence-corrected chi connectivity index (χ2v) is 10.5. The van der Waals surface area contributed by atoms with E-state index in [4.69, 9.17) is 9.47 Å². The van der Waals surface area contributed by atoms with Crippen LogP contribution in [0.2, 0.25) is 0 Å². The largest absolute Gasteiger partial charge is 0.494 e. The van der Waals surface area contributed by atoms with Gasteiger partial charge in [-0.3, -0.25) is 9.69 Å². The second kappa shape index (κ2) is 11.1. The Hall–Kier alpha value is -2.78. The SMILES string of the molecule is CCOc1ccc2[nH]c(=O)c(CN(C[C@@H]3CCCO3)[C@H](c3nnnn3C3CCCC3)C(C)C)cc2c1. The molecule has 1 aromatic carbocycles. The maximum atomic E-state index is 13.2. The molecule has 194 valence electrons. The summed E-state index contributed by atoms with van der Waals surface area (Å²) < 4.78 is 13.8. The van der Waals surface area contributed by atoms with E-state index in [1.807, 2.05) is 31.2 Å². The number of nitrogens with zero attached hydrogens (tertiary/aromatic N) is 5. The molecule has 3 heterocycles. The summed E-state index contributed by atoms with van der Waals surface area (Å²) in [6.45, 7) is 9.00. The van der Waals surface area contributed by atoms with E-state index in [1.165, 1.54) is 12.8 Å². The molecule has 1 saturated heterocycles. The first-order valence-electron chi connectivity index (χ1n) is 13.5. The number of pyridine rings is 1. The average molecular weight is 495 g/mol. The second-order valence-electron chi connectivity index (χ2n) is 10.5. The van der Waals surface area contributed by atoms with E-state index in [-0.39, 0.29) is 23.6 Å². The molecule has 2 atom stereocenters. The minimum atomic E-state index is -0.0677.